The SMILES string of the molecule is Cc1noc([C@H](C)N2CCN(Cc3nc4ccccc4s3)CC2)n1. The number of thiazole rings is 1. The van der Waals surface area contributed by atoms with E-state index in [0.29, 0.717) is 11.7 Å². The van der Waals surface area contributed by atoms with E-state index < -0.39 is 0 Å². The summed E-state index contributed by atoms with van der Waals surface area (Å²) in [6.07, 6.45) is 0. The molecule has 1 saturated heterocycles. The monoisotopic (exact) mass is 343 g/mol. The van der Waals surface area contributed by atoms with Crippen molar-refractivity contribution in [1.82, 2.24) is 24.9 Å². The summed E-state index contributed by atoms with van der Waals surface area (Å²) in [5.41, 5.74) is 1.11. The molecule has 0 bridgehead atoms. The molecule has 0 saturated carbocycles. The molecule has 0 spiro atoms. The number of fused-ring (bicyclic) bond motifs is 1. The molecule has 0 aliphatic carbocycles. The van der Waals surface area contributed by atoms with Gasteiger partial charge in [-0.25, -0.2) is 4.98 Å². The number of benzene rings is 1. The molecule has 3 aromatic rings. The fourth-order valence-corrected chi connectivity index (χ4v) is 4.14. The van der Waals surface area contributed by atoms with Gasteiger partial charge in [-0.05, 0) is 26.0 Å². The van der Waals surface area contributed by atoms with Gasteiger partial charge in [-0.2, -0.15) is 4.98 Å². The molecule has 1 aliphatic heterocycles. The van der Waals surface area contributed by atoms with Crippen LogP contribution < -0.4 is 0 Å². The predicted octanol–water partition coefficient (Wildman–Crippen LogP) is 2.87. The topological polar surface area (TPSA) is 58.3 Å². The molecule has 0 unspecified atom stereocenters. The van der Waals surface area contributed by atoms with Crippen molar-refractivity contribution in [3.63, 3.8) is 0 Å². The first kappa shape index (κ1) is 15.7. The Labute approximate surface area is 145 Å². The lowest BCUT2D eigenvalue weighted by Crippen LogP contribution is -2.46. The highest BCUT2D eigenvalue weighted by Gasteiger charge is 2.25. The molecule has 4 rings (SSSR count). The Morgan fingerprint density at radius 2 is 1.96 bits per heavy atom. The van der Waals surface area contributed by atoms with E-state index in [0.717, 1.165) is 38.2 Å². The molecule has 1 fully saturated rings. The number of aromatic nitrogens is 3. The molecule has 0 radical (unpaired) electrons. The number of aryl methyl sites for hydroxylation is 1. The van der Waals surface area contributed by atoms with Crippen LogP contribution in [0.25, 0.3) is 10.2 Å². The average molecular weight is 343 g/mol. The summed E-state index contributed by atoms with van der Waals surface area (Å²) >= 11 is 1.80. The number of hydrogen-bond donors (Lipinski definition) is 0. The molecule has 24 heavy (non-hydrogen) atoms. The number of para-hydroxylation sites is 1. The van der Waals surface area contributed by atoms with Gasteiger partial charge in [0.2, 0.25) is 5.89 Å². The molecule has 0 N–H and O–H groups in total. The van der Waals surface area contributed by atoms with Crippen molar-refractivity contribution in [2.24, 2.45) is 0 Å². The van der Waals surface area contributed by atoms with Gasteiger partial charge in [0.05, 0.1) is 22.8 Å². The van der Waals surface area contributed by atoms with Crippen molar-refractivity contribution >= 4 is 21.6 Å². The van der Waals surface area contributed by atoms with Crippen LogP contribution in [-0.2, 0) is 6.54 Å². The van der Waals surface area contributed by atoms with E-state index >= 15 is 0 Å². The van der Waals surface area contributed by atoms with Crippen molar-refractivity contribution in [2.45, 2.75) is 26.4 Å². The van der Waals surface area contributed by atoms with E-state index in [4.69, 9.17) is 9.51 Å². The Morgan fingerprint density at radius 3 is 2.67 bits per heavy atom. The largest absolute Gasteiger partial charge is 0.338 e. The molecule has 0 amide bonds. The highest BCUT2D eigenvalue weighted by Crippen LogP contribution is 2.24. The van der Waals surface area contributed by atoms with Gasteiger partial charge in [-0.15, -0.1) is 11.3 Å². The van der Waals surface area contributed by atoms with Crippen molar-refractivity contribution in [3.8, 4) is 0 Å². The van der Waals surface area contributed by atoms with Gasteiger partial charge in [0.1, 0.15) is 5.01 Å². The van der Waals surface area contributed by atoms with Crippen LogP contribution in [0.15, 0.2) is 28.8 Å². The van der Waals surface area contributed by atoms with Gasteiger partial charge in [-0.3, -0.25) is 9.80 Å². The number of nitrogens with zero attached hydrogens (tertiary/aromatic N) is 5. The van der Waals surface area contributed by atoms with E-state index in [-0.39, 0.29) is 6.04 Å². The van der Waals surface area contributed by atoms with Crippen molar-refractivity contribution in [1.29, 1.82) is 0 Å². The second kappa shape index (κ2) is 6.58. The third-order valence-electron chi connectivity index (χ3n) is 4.55. The normalized spacial score (nSPS) is 18.2. The Bertz CT molecular complexity index is 788. The highest BCUT2D eigenvalue weighted by molar-refractivity contribution is 7.18. The number of rotatable bonds is 4. The molecule has 3 heterocycles. The van der Waals surface area contributed by atoms with E-state index in [1.807, 2.05) is 13.0 Å². The summed E-state index contributed by atoms with van der Waals surface area (Å²) in [7, 11) is 0. The molecule has 6 nitrogen and oxygen atoms in total. The van der Waals surface area contributed by atoms with Crippen LogP contribution in [0.5, 0.6) is 0 Å². The minimum atomic E-state index is 0.177. The zero-order valence-corrected chi connectivity index (χ0v) is 14.8. The standard InChI is InChI=1S/C17H21N5OS/c1-12(17-18-13(2)20-23-17)22-9-7-21(8-10-22)11-16-19-14-5-3-4-6-15(14)24-16/h3-6,12H,7-11H2,1-2H3/t12-/m0/s1. The maximum atomic E-state index is 5.31. The van der Waals surface area contributed by atoms with E-state index in [1.165, 1.54) is 9.71 Å². The Kier molecular flexibility index (Phi) is 4.30. The fourth-order valence-electron chi connectivity index (χ4n) is 3.13. The average Bonchev–Trinajstić information content (AvgIpc) is 3.20. The van der Waals surface area contributed by atoms with Gasteiger partial charge in [0.25, 0.3) is 0 Å². The van der Waals surface area contributed by atoms with Crippen LogP contribution >= 0.6 is 11.3 Å². The van der Waals surface area contributed by atoms with Crippen molar-refractivity contribution in [2.75, 3.05) is 26.2 Å². The summed E-state index contributed by atoms with van der Waals surface area (Å²) in [5, 5.41) is 5.09. The fraction of sp³-hybridized carbons (Fsp3) is 0.471. The second-order valence-electron chi connectivity index (χ2n) is 6.24. The minimum Gasteiger partial charge on any atom is -0.338 e. The zero-order valence-electron chi connectivity index (χ0n) is 14.0. The maximum absolute atomic E-state index is 5.31. The zero-order chi connectivity index (χ0) is 16.5. The quantitative estimate of drug-likeness (QED) is 0.726. The molecule has 2 aromatic heterocycles. The van der Waals surface area contributed by atoms with E-state index in [2.05, 4.69) is 45.1 Å². The first-order valence-electron chi connectivity index (χ1n) is 8.30. The third-order valence-corrected chi connectivity index (χ3v) is 5.57. The second-order valence-corrected chi connectivity index (χ2v) is 7.36. The molecule has 126 valence electrons. The van der Waals surface area contributed by atoms with Crippen molar-refractivity contribution in [3.05, 3.63) is 41.0 Å². The molecular formula is C17H21N5OS. The van der Waals surface area contributed by atoms with Crippen LogP contribution in [0, 0.1) is 6.92 Å². The van der Waals surface area contributed by atoms with Crippen molar-refractivity contribution < 1.29 is 4.52 Å². The third kappa shape index (κ3) is 3.19. The smallest absolute Gasteiger partial charge is 0.243 e. The molecule has 7 heteroatoms. The van der Waals surface area contributed by atoms with Gasteiger partial charge < -0.3 is 4.52 Å². The molecular weight excluding hydrogens is 322 g/mol. The summed E-state index contributed by atoms with van der Waals surface area (Å²) in [4.78, 5) is 14.0. The van der Waals surface area contributed by atoms with Crippen LogP contribution in [-0.4, -0.2) is 51.1 Å². The van der Waals surface area contributed by atoms with Crippen LogP contribution in [0.4, 0.5) is 0 Å². The van der Waals surface area contributed by atoms with Crippen LogP contribution in [0.2, 0.25) is 0 Å². The van der Waals surface area contributed by atoms with E-state index in [9.17, 15) is 0 Å². The van der Waals surface area contributed by atoms with Gasteiger partial charge in [0, 0.05) is 26.2 Å². The minimum absolute atomic E-state index is 0.177. The molecule has 1 aliphatic rings. The van der Waals surface area contributed by atoms with E-state index in [1.54, 1.807) is 11.3 Å². The van der Waals surface area contributed by atoms with Crippen LogP contribution in [0.3, 0.4) is 0 Å². The maximum Gasteiger partial charge on any atom is 0.243 e. The Hall–Kier alpha value is -1.83. The Balaban J connectivity index is 1.35. The lowest BCUT2D eigenvalue weighted by atomic mass is 10.2. The molecule has 1 atom stereocenters. The van der Waals surface area contributed by atoms with Gasteiger partial charge in [0.15, 0.2) is 5.82 Å². The first-order valence-corrected chi connectivity index (χ1v) is 9.12. The first-order chi connectivity index (χ1) is 11.7. The number of piperazine rings is 1. The lowest BCUT2D eigenvalue weighted by molar-refractivity contribution is 0.0845. The summed E-state index contributed by atoms with van der Waals surface area (Å²) in [6, 6.07) is 8.52. The predicted molar refractivity (Wildman–Crippen MR) is 93.9 cm³/mol. The molecule has 1 aromatic carbocycles. The van der Waals surface area contributed by atoms with Gasteiger partial charge >= 0.3 is 0 Å². The summed E-state index contributed by atoms with van der Waals surface area (Å²) in [6.45, 7) is 9.01. The Morgan fingerprint density at radius 1 is 1.17 bits per heavy atom. The highest BCUT2D eigenvalue weighted by atomic mass is 32.1. The summed E-state index contributed by atoms with van der Waals surface area (Å²) in [5.74, 6) is 1.42. The lowest BCUT2D eigenvalue weighted by Gasteiger charge is -2.36. The number of hydrogen-bond acceptors (Lipinski definition) is 7. The summed E-state index contributed by atoms with van der Waals surface area (Å²) < 4.78 is 6.58. The van der Waals surface area contributed by atoms with Crippen LogP contribution in [0.1, 0.15) is 29.7 Å². The van der Waals surface area contributed by atoms with Gasteiger partial charge in [-0.1, -0.05) is 17.3 Å².